The van der Waals surface area contributed by atoms with Gasteiger partial charge in [-0.2, -0.15) is 0 Å². The van der Waals surface area contributed by atoms with Gasteiger partial charge in [-0.15, -0.1) is 0 Å². The van der Waals surface area contributed by atoms with Gasteiger partial charge in [-0.05, 0) is 36.4 Å². The molecule has 0 saturated carbocycles. The smallest absolute Gasteiger partial charge is 0.274 e. The highest BCUT2D eigenvalue weighted by Crippen LogP contribution is 2.14. The maximum absolute atomic E-state index is 13.0. The van der Waals surface area contributed by atoms with E-state index in [1.807, 2.05) is 0 Å². The molecule has 0 bridgehead atoms. The lowest BCUT2D eigenvalue weighted by Crippen LogP contribution is -2.16. The summed E-state index contributed by atoms with van der Waals surface area (Å²) in [5.41, 5.74) is 1.60. The van der Waals surface area contributed by atoms with Crippen molar-refractivity contribution in [2.75, 3.05) is 5.32 Å². The zero-order valence-electron chi connectivity index (χ0n) is 10.9. The molecule has 3 aromatic rings. The predicted octanol–water partition coefficient (Wildman–Crippen LogP) is 2.66. The van der Waals surface area contributed by atoms with Crippen LogP contribution in [0.4, 0.5) is 10.1 Å². The third-order valence-electron chi connectivity index (χ3n) is 2.90. The Balaban J connectivity index is 1.88. The lowest BCUT2D eigenvalue weighted by molar-refractivity contribution is 0.102. The van der Waals surface area contributed by atoms with Crippen molar-refractivity contribution >= 4 is 11.6 Å². The average Bonchev–Trinajstić information content (AvgIpc) is 2.98. The van der Waals surface area contributed by atoms with E-state index in [-0.39, 0.29) is 11.7 Å². The van der Waals surface area contributed by atoms with Crippen LogP contribution in [0.3, 0.4) is 0 Å². The van der Waals surface area contributed by atoms with Crippen LogP contribution < -0.4 is 5.32 Å². The number of hydrogen-bond acceptors (Lipinski definition) is 3. The molecule has 0 aliphatic heterocycles. The molecule has 1 aromatic carbocycles. The molecular formula is C15H11FN4O. The number of benzene rings is 1. The molecular weight excluding hydrogens is 271 g/mol. The van der Waals surface area contributed by atoms with Crippen molar-refractivity contribution < 1.29 is 9.18 Å². The molecule has 0 spiro atoms. The quantitative estimate of drug-likeness (QED) is 0.803. The first-order chi connectivity index (χ1) is 10.2. The summed E-state index contributed by atoms with van der Waals surface area (Å²) in [7, 11) is 0. The molecule has 0 atom stereocenters. The summed E-state index contributed by atoms with van der Waals surface area (Å²) >= 11 is 0. The molecule has 0 fully saturated rings. The predicted molar refractivity (Wildman–Crippen MR) is 75.7 cm³/mol. The lowest BCUT2D eigenvalue weighted by atomic mass is 10.3. The maximum atomic E-state index is 13.0. The van der Waals surface area contributed by atoms with E-state index in [4.69, 9.17) is 0 Å². The van der Waals surface area contributed by atoms with Crippen LogP contribution in [0.2, 0.25) is 0 Å². The topological polar surface area (TPSA) is 59.8 Å². The van der Waals surface area contributed by atoms with Crippen molar-refractivity contribution in [3.63, 3.8) is 0 Å². The van der Waals surface area contributed by atoms with Gasteiger partial charge in [0.05, 0.1) is 24.4 Å². The van der Waals surface area contributed by atoms with Crippen LogP contribution in [-0.4, -0.2) is 20.4 Å². The molecule has 1 amide bonds. The van der Waals surface area contributed by atoms with E-state index >= 15 is 0 Å². The van der Waals surface area contributed by atoms with Crippen molar-refractivity contribution in [2.45, 2.75) is 0 Å². The summed E-state index contributed by atoms with van der Waals surface area (Å²) < 4.78 is 14.6. The second kappa shape index (κ2) is 5.54. The van der Waals surface area contributed by atoms with E-state index in [0.717, 1.165) is 0 Å². The van der Waals surface area contributed by atoms with Crippen molar-refractivity contribution in [1.82, 2.24) is 14.5 Å². The van der Waals surface area contributed by atoms with Crippen LogP contribution in [0.25, 0.3) is 5.69 Å². The fourth-order valence-corrected chi connectivity index (χ4v) is 1.90. The number of aromatic nitrogens is 3. The number of anilines is 1. The van der Waals surface area contributed by atoms with Gasteiger partial charge in [0, 0.05) is 11.9 Å². The van der Waals surface area contributed by atoms with Crippen molar-refractivity contribution in [2.24, 2.45) is 0 Å². The van der Waals surface area contributed by atoms with E-state index in [9.17, 15) is 9.18 Å². The fraction of sp³-hybridized carbons (Fsp3) is 0. The maximum Gasteiger partial charge on any atom is 0.274 e. The number of nitrogens with one attached hydrogen (secondary N) is 1. The Morgan fingerprint density at radius 3 is 2.62 bits per heavy atom. The lowest BCUT2D eigenvalue weighted by Gasteiger charge is -2.08. The summed E-state index contributed by atoms with van der Waals surface area (Å²) in [4.78, 5) is 20.2. The second-order valence-electron chi connectivity index (χ2n) is 4.32. The van der Waals surface area contributed by atoms with Gasteiger partial charge in [0.15, 0.2) is 0 Å². The minimum atomic E-state index is -0.333. The van der Waals surface area contributed by atoms with Crippen LogP contribution in [0.5, 0.6) is 0 Å². The zero-order chi connectivity index (χ0) is 14.7. The molecule has 3 rings (SSSR count). The van der Waals surface area contributed by atoms with Gasteiger partial charge in [-0.3, -0.25) is 14.3 Å². The molecule has 0 radical (unpaired) electrons. The third kappa shape index (κ3) is 2.79. The average molecular weight is 282 g/mol. The van der Waals surface area contributed by atoms with Gasteiger partial charge in [0.2, 0.25) is 0 Å². The molecule has 2 aromatic heterocycles. The first-order valence-electron chi connectivity index (χ1n) is 6.24. The van der Waals surface area contributed by atoms with E-state index in [2.05, 4.69) is 15.3 Å². The van der Waals surface area contributed by atoms with Gasteiger partial charge >= 0.3 is 0 Å². The molecule has 2 heterocycles. The molecule has 21 heavy (non-hydrogen) atoms. The summed E-state index contributed by atoms with van der Waals surface area (Å²) in [6.07, 6.45) is 6.13. The van der Waals surface area contributed by atoms with Crippen LogP contribution >= 0.6 is 0 Å². The first kappa shape index (κ1) is 13.0. The molecule has 0 saturated heterocycles. The number of pyridine rings is 1. The van der Waals surface area contributed by atoms with E-state index in [0.29, 0.717) is 17.1 Å². The summed E-state index contributed by atoms with van der Waals surface area (Å²) in [5, 5.41) is 2.73. The Kier molecular flexibility index (Phi) is 3.42. The van der Waals surface area contributed by atoms with Gasteiger partial charge in [-0.25, -0.2) is 9.37 Å². The Morgan fingerprint density at radius 2 is 1.90 bits per heavy atom. The van der Waals surface area contributed by atoms with Gasteiger partial charge in [0.1, 0.15) is 11.5 Å². The van der Waals surface area contributed by atoms with Gasteiger partial charge in [-0.1, -0.05) is 0 Å². The fourth-order valence-electron chi connectivity index (χ4n) is 1.90. The van der Waals surface area contributed by atoms with Gasteiger partial charge in [0.25, 0.3) is 5.91 Å². The van der Waals surface area contributed by atoms with Crippen LogP contribution in [0, 0.1) is 5.82 Å². The standard InChI is InChI=1S/C15H11FN4O/c16-11-3-5-13(6-4-11)20-10-18-9-14(20)15(21)19-12-2-1-7-17-8-12/h1-10H,(H,19,21). The van der Waals surface area contributed by atoms with Crippen LogP contribution in [0.1, 0.15) is 10.5 Å². The van der Waals surface area contributed by atoms with E-state index in [1.54, 1.807) is 41.2 Å². The number of imidazole rings is 1. The molecule has 6 heteroatoms. The number of carbonyl (C=O) groups excluding carboxylic acids is 1. The zero-order valence-corrected chi connectivity index (χ0v) is 10.9. The molecule has 0 unspecified atom stereocenters. The number of nitrogens with zero attached hydrogens (tertiary/aromatic N) is 3. The van der Waals surface area contributed by atoms with Crippen LogP contribution in [-0.2, 0) is 0 Å². The van der Waals surface area contributed by atoms with Crippen LogP contribution in [0.15, 0.2) is 61.3 Å². The molecule has 1 N–H and O–H groups in total. The SMILES string of the molecule is O=C(Nc1cccnc1)c1cncn1-c1ccc(F)cc1. The number of carbonyl (C=O) groups is 1. The van der Waals surface area contributed by atoms with Crippen molar-refractivity contribution in [3.8, 4) is 5.69 Å². The summed E-state index contributed by atoms with van der Waals surface area (Å²) in [5.74, 6) is -0.648. The Morgan fingerprint density at radius 1 is 1.10 bits per heavy atom. The molecule has 0 aliphatic carbocycles. The monoisotopic (exact) mass is 282 g/mol. The summed E-state index contributed by atoms with van der Waals surface area (Å²) in [6.45, 7) is 0. The van der Waals surface area contributed by atoms with E-state index in [1.165, 1.54) is 24.7 Å². The number of hydrogen-bond donors (Lipinski definition) is 1. The minimum absolute atomic E-state index is 0.315. The number of amides is 1. The number of rotatable bonds is 3. The Labute approximate surface area is 120 Å². The van der Waals surface area contributed by atoms with Crippen molar-refractivity contribution in [1.29, 1.82) is 0 Å². The normalized spacial score (nSPS) is 10.3. The highest BCUT2D eigenvalue weighted by atomic mass is 19.1. The highest BCUT2D eigenvalue weighted by Gasteiger charge is 2.13. The summed E-state index contributed by atoms with van der Waals surface area (Å²) in [6, 6.07) is 9.29. The largest absolute Gasteiger partial charge is 0.319 e. The molecule has 104 valence electrons. The van der Waals surface area contributed by atoms with Gasteiger partial charge < -0.3 is 5.32 Å². The first-order valence-corrected chi connectivity index (χ1v) is 6.24. The minimum Gasteiger partial charge on any atom is -0.319 e. The third-order valence-corrected chi connectivity index (χ3v) is 2.90. The second-order valence-corrected chi connectivity index (χ2v) is 4.32. The molecule has 5 nitrogen and oxygen atoms in total. The Hall–Kier alpha value is -3.02. The Bertz CT molecular complexity index is 753. The highest BCUT2D eigenvalue weighted by molar-refractivity contribution is 6.03. The number of halogens is 1. The van der Waals surface area contributed by atoms with Crippen molar-refractivity contribution in [3.05, 3.63) is 72.8 Å². The molecule has 0 aliphatic rings. The van der Waals surface area contributed by atoms with E-state index < -0.39 is 0 Å².